The maximum absolute atomic E-state index is 13.4. The number of fused-ring (bicyclic) bond motifs is 2. The molecule has 0 saturated heterocycles. The number of hydrogen-bond donors (Lipinski definition) is 1. The first-order valence-electron chi connectivity index (χ1n) is 9.06. The maximum Gasteiger partial charge on any atom is 0.348 e. The van der Waals surface area contributed by atoms with E-state index in [0.717, 1.165) is 11.3 Å². The summed E-state index contributed by atoms with van der Waals surface area (Å²) in [5.74, 6) is -0.0660. The number of hydrogen-bond acceptors (Lipinski definition) is 4. The van der Waals surface area contributed by atoms with Gasteiger partial charge in [-0.3, -0.25) is 9.36 Å². The zero-order valence-corrected chi connectivity index (χ0v) is 15.5. The summed E-state index contributed by atoms with van der Waals surface area (Å²) in [4.78, 5) is 30.1. The molecular weight excluding hydrogens is 350 g/mol. The fraction of sp³-hybridized carbons (Fsp3) is 0.0870. The SMILES string of the molecule is Cc1ccc(Nc2ccc3c4c(nc(=O)n3C)-c3ccccc3C(=O)c24)cc1. The molecule has 0 fully saturated rings. The Morgan fingerprint density at radius 2 is 1.61 bits per heavy atom. The van der Waals surface area contributed by atoms with Crippen molar-refractivity contribution in [3.8, 4) is 11.3 Å². The lowest BCUT2D eigenvalue weighted by Gasteiger charge is -2.22. The van der Waals surface area contributed by atoms with E-state index in [1.54, 1.807) is 13.1 Å². The number of aryl methyl sites for hydroxylation is 2. The lowest BCUT2D eigenvalue weighted by molar-refractivity contribution is 0.104. The van der Waals surface area contributed by atoms with Crippen molar-refractivity contribution in [2.45, 2.75) is 6.92 Å². The number of ketones is 1. The highest BCUT2D eigenvalue weighted by Gasteiger charge is 2.29. The molecule has 4 aromatic rings. The van der Waals surface area contributed by atoms with Crippen molar-refractivity contribution in [2.24, 2.45) is 7.05 Å². The second-order valence-electron chi connectivity index (χ2n) is 7.05. The van der Waals surface area contributed by atoms with E-state index in [2.05, 4.69) is 10.3 Å². The molecule has 0 aliphatic heterocycles. The summed E-state index contributed by atoms with van der Waals surface area (Å²) in [5.41, 5.74) is 5.51. The summed E-state index contributed by atoms with van der Waals surface area (Å²) >= 11 is 0. The Balaban J connectivity index is 1.84. The third kappa shape index (κ3) is 2.29. The minimum atomic E-state index is -0.336. The van der Waals surface area contributed by atoms with E-state index < -0.39 is 0 Å². The van der Waals surface area contributed by atoms with Crippen LogP contribution in [0.2, 0.25) is 0 Å². The second kappa shape index (κ2) is 5.89. The Morgan fingerprint density at radius 3 is 2.36 bits per heavy atom. The highest BCUT2D eigenvalue weighted by molar-refractivity contribution is 6.27. The van der Waals surface area contributed by atoms with Gasteiger partial charge in [0.25, 0.3) is 0 Å². The molecule has 1 aliphatic carbocycles. The minimum Gasteiger partial charge on any atom is -0.355 e. The molecule has 0 radical (unpaired) electrons. The summed E-state index contributed by atoms with van der Waals surface area (Å²) in [5, 5.41) is 4.07. The van der Waals surface area contributed by atoms with Crippen LogP contribution in [0, 0.1) is 6.92 Å². The van der Waals surface area contributed by atoms with Gasteiger partial charge in [0.1, 0.15) is 0 Å². The molecule has 5 nitrogen and oxygen atoms in total. The van der Waals surface area contributed by atoms with E-state index in [-0.39, 0.29) is 11.5 Å². The van der Waals surface area contributed by atoms with Crippen LogP contribution in [0.4, 0.5) is 11.4 Å². The van der Waals surface area contributed by atoms with Crippen LogP contribution < -0.4 is 11.0 Å². The molecule has 0 spiro atoms. The Labute approximate surface area is 161 Å². The number of carbonyl (C=O) groups is 1. The zero-order chi connectivity index (χ0) is 19.4. The molecule has 0 amide bonds. The molecule has 5 heteroatoms. The molecule has 0 unspecified atom stereocenters. The molecular formula is C23H17N3O2. The van der Waals surface area contributed by atoms with E-state index in [1.165, 1.54) is 4.57 Å². The molecule has 0 atom stereocenters. The van der Waals surface area contributed by atoms with Gasteiger partial charge in [0.15, 0.2) is 5.78 Å². The van der Waals surface area contributed by atoms with E-state index in [0.29, 0.717) is 39.0 Å². The molecule has 1 aromatic heterocycles. The largest absolute Gasteiger partial charge is 0.355 e. The van der Waals surface area contributed by atoms with Crippen LogP contribution in [0.5, 0.6) is 0 Å². The normalized spacial score (nSPS) is 12.1. The van der Waals surface area contributed by atoms with Crippen molar-refractivity contribution in [3.05, 3.63) is 87.8 Å². The lowest BCUT2D eigenvalue weighted by Crippen LogP contribution is -2.24. The molecule has 0 saturated carbocycles. The monoisotopic (exact) mass is 367 g/mol. The summed E-state index contributed by atoms with van der Waals surface area (Å²) in [7, 11) is 1.68. The van der Waals surface area contributed by atoms with Gasteiger partial charge in [-0.15, -0.1) is 0 Å². The zero-order valence-electron chi connectivity index (χ0n) is 15.5. The molecule has 5 rings (SSSR count). The molecule has 1 aliphatic rings. The van der Waals surface area contributed by atoms with E-state index >= 15 is 0 Å². The van der Waals surface area contributed by atoms with Gasteiger partial charge in [-0.2, -0.15) is 4.98 Å². The number of rotatable bonds is 2. The predicted molar refractivity (Wildman–Crippen MR) is 110 cm³/mol. The number of anilines is 2. The molecule has 1 heterocycles. The maximum atomic E-state index is 13.4. The van der Waals surface area contributed by atoms with E-state index in [4.69, 9.17) is 0 Å². The van der Waals surface area contributed by atoms with Gasteiger partial charge in [-0.1, -0.05) is 42.0 Å². The van der Waals surface area contributed by atoms with Crippen molar-refractivity contribution < 1.29 is 4.79 Å². The van der Waals surface area contributed by atoms with Crippen molar-refractivity contribution in [1.82, 2.24) is 9.55 Å². The predicted octanol–water partition coefficient (Wildman–Crippen LogP) is 4.20. The van der Waals surface area contributed by atoms with Crippen LogP contribution in [0.3, 0.4) is 0 Å². The highest BCUT2D eigenvalue weighted by Crippen LogP contribution is 2.40. The summed E-state index contributed by atoms with van der Waals surface area (Å²) < 4.78 is 1.49. The number of nitrogens with zero attached hydrogens (tertiary/aromatic N) is 2. The van der Waals surface area contributed by atoms with Gasteiger partial charge in [0.2, 0.25) is 0 Å². The number of aromatic nitrogens is 2. The summed E-state index contributed by atoms with van der Waals surface area (Å²) in [6.45, 7) is 2.03. The van der Waals surface area contributed by atoms with Gasteiger partial charge in [-0.25, -0.2) is 4.79 Å². The Hall–Kier alpha value is -3.73. The van der Waals surface area contributed by atoms with Gasteiger partial charge < -0.3 is 5.32 Å². The van der Waals surface area contributed by atoms with Gasteiger partial charge in [-0.05, 0) is 31.2 Å². The van der Waals surface area contributed by atoms with Gasteiger partial charge in [0.05, 0.1) is 22.5 Å². The van der Waals surface area contributed by atoms with Crippen LogP contribution >= 0.6 is 0 Å². The van der Waals surface area contributed by atoms with Crippen LogP contribution in [-0.4, -0.2) is 15.3 Å². The number of carbonyl (C=O) groups excluding carboxylic acids is 1. The highest BCUT2D eigenvalue weighted by atomic mass is 16.1. The van der Waals surface area contributed by atoms with Crippen molar-refractivity contribution >= 4 is 28.1 Å². The van der Waals surface area contributed by atoms with E-state index in [9.17, 15) is 9.59 Å². The fourth-order valence-corrected chi connectivity index (χ4v) is 3.79. The molecule has 0 bridgehead atoms. The first-order valence-corrected chi connectivity index (χ1v) is 9.06. The van der Waals surface area contributed by atoms with Crippen LogP contribution in [0.25, 0.3) is 22.2 Å². The molecule has 28 heavy (non-hydrogen) atoms. The van der Waals surface area contributed by atoms with Crippen molar-refractivity contribution in [1.29, 1.82) is 0 Å². The Morgan fingerprint density at radius 1 is 0.893 bits per heavy atom. The standard InChI is InChI=1S/C23H17N3O2/c1-13-7-9-14(10-8-13)24-17-11-12-18-20-19(17)22(27)16-6-4-3-5-15(16)21(20)25-23(28)26(18)2/h3-12,24H,1-2H3. The smallest absolute Gasteiger partial charge is 0.348 e. The van der Waals surface area contributed by atoms with Crippen LogP contribution in [0.1, 0.15) is 21.5 Å². The quantitative estimate of drug-likeness (QED) is 0.508. The fourth-order valence-electron chi connectivity index (χ4n) is 3.79. The first-order chi connectivity index (χ1) is 13.5. The summed E-state index contributed by atoms with van der Waals surface area (Å²) in [6, 6.07) is 19.0. The minimum absolute atomic E-state index is 0.0660. The Kier molecular flexibility index (Phi) is 3.46. The van der Waals surface area contributed by atoms with Crippen LogP contribution in [-0.2, 0) is 7.05 Å². The average molecular weight is 367 g/mol. The van der Waals surface area contributed by atoms with E-state index in [1.807, 2.05) is 61.5 Å². The van der Waals surface area contributed by atoms with Crippen molar-refractivity contribution in [2.75, 3.05) is 5.32 Å². The summed E-state index contributed by atoms with van der Waals surface area (Å²) in [6.07, 6.45) is 0. The number of nitrogens with one attached hydrogen (secondary N) is 1. The van der Waals surface area contributed by atoms with Crippen LogP contribution in [0.15, 0.2) is 65.5 Å². The number of benzene rings is 3. The second-order valence-corrected chi connectivity index (χ2v) is 7.05. The lowest BCUT2D eigenvalue weighted by atomic mass is 9.85. The Bertz CT molecular complexity index is 1330. The third-order valence-electron chi connectivity index (χ3n) is 5.26. The first kappa shape index (κ1) is 16.4. The third-order valence-corrected chi connectivity index (χ3v) is 5.26. The average Bonchev–Trinajstić information content (AvgIpc) is 2.71. The molecule has 136 valence electrons. The molecule has 1 N–H and O–H groups in total. The van der Waals surface area contributed by atoms with Gasteiger partial charge in [0, 0.05) is 29.2 Å². The topological polar surface area (TPSA) is 64.0 Å². The van der Waals surface area contributed by atoms with Gasteiger partial charge >= 0.3 is 5.69 Å². The van der Waals surface area contributed by atoms with Crippen molar-refractivity contribution in [3.63, 3.8) is 0 Å². The molecule has 3 aromatic carbocycles.